The van der Waals surface area contributed by atoms with Crippen molar-refractivity contribution in [1.29, 1.82) is 0 Å². The van der Waals surface area contributed by atoms with Gasteiger partial charge in [-0.15, -0.1) is 11.3 Å². The van der Waals surface area contributed by atoms with Crippen molar-refractivity contribution < 1.29 is 9.84 Å². The molecule has 0 radical (unpaired) electrons. The van der Waals surface area contributed by atoms with Gasteiger partial charge >= 0.3 is 0 Å². The monoisotopic (exact) mass is 277 g/mol. The molecule has 1 aromatic carbocycles. The van der Waals surface area contributed by atoms with Crippen LogP contribution < -0.4 is 10.2 Å². The minimum Gasteiger partial charge on any atom is -0.507 e. The number of aryl methyl sites for hydroxylation is 1. The summed E-state index contributed by atoms with van der Waals surface area (Å²) >= 11 is 1.48. The number of hydrazone groups is 1. The van der Waals surface area contributed by atoms with Crippen LogP contribution in [-0.2, 0) is 0 Å². The third-order valence-corrected chi connectivity index (χ3v) is 3.16. The van der Waals surface area contributed by atoms with Crippen LogP contribution in [0.15, 0.2) is 28.7 Å². The standard InChI is InChI=1S/C13H15N3O2S/c1-3-18-11-5-4-10(12(17)6-11)7-14-16-13-15-9(2)8-19-13/h4-8,17H,3H2,1-2H3,(H,15,16)/b14-7-. The molecule has 0 fully saturated rings. The molecule has 1 aromatic heterocycles. The van der Waals surface area contributed by atoms with Gasteiger partial charge in [-0.1, -0.05) is 0 Å². The van der Waals surface area contributed by atoms with E-state index in [1.807, 2.05) is 19.2 Å². The number of thiazole rings is 1. The molecule has 0 saturated carbocycles. The SMILES string of the molecule is CCOc1ccc(/C=N\Nc2nc(C)cs2)c(O)c1. The van der Waals surface area contributed by atoms with Crippen LogP contribution in [0.25, 0.3) is 0 Å². The lowest BCUT2D eigenvalue weighted by Gasteiger charge is -2.04. The number of anilines is 1. The first-order valence-electron chi connectivity index (χ1n) is 5.86. The Balaban J connectivity index is 2.02. The number of nitrogens with one attached hydrogen (secondary N) is 1. The highest BCUT2D eigenvalue weighted by molar-refractivity contribution is 7.13. The van der Waals surface area contributed by atoms with Gasteiger partial charge in [0, 0.05) is 17.0 Å². The topological polar surface area (TPSA) is 66.7 Å². The van der Waals surface area contributed by atoms with Crippen LogP contribution in [0.3, 0.4) is 0 Å². The van der Waals surface area contributed by atoms with E-state index >= 15 is 0 Å². The van der Waals surface area contributed by atoms with Crippen LogP contribution in [-0.4, -0.2) is 22.9 Å². The summed E-state index contributed by atoms with van der Waals surface area (Å²) in [4.78, 5) is 4.21. The number of benzene rings is 1. The van der Waals surface area contributed by atoms with E-state index in [0.717, 1.165) is 10.8 Å². The number of ether oxygens (including phenoxy) is 1. The Morgan fingerprint density at radius 3 is 3.00 bits per heavy atom. The van der Waals surface area contributed by atoms with E-state index in [0.29, 0.717) is 17.9 Å². The van der Waals surface area contributed by atoms with Crippen molar-refractivity contribution in [3.05, 3.63) is 34.8 Å². The predicted molar refractivity (Wildman–Crippen MR) is 77.3 cm³/mol. The molecular formula is C13H15N3O2S. The van der Waals surface area contributed by atoms with Crippen LogP contribution >= 0.6 is 11.3 Å². The molecule has 0 spiro atoms. The molecule has 0 atom stereocenters. The first-order chi connectivity index (χ1) is 9.19. The van der Waals surface area contributed by atoms with E-state index in [2.05, 4.69) is 15.5 Å². The molecule has 2 N–H and O–H groups in total. The maximum atomic E-state index is 9.81. The van der Waals surface area contributed by atoms with E-state index in [9.17, 15) is 5.11 Å². The number of rotatable bonds is 5. The van der Waals surface area contributed by atoms with Crippen LogP contribution in [0.1, 0.15) is 18.2 Å². The lowest BCUT2D eigenvalue weighted by molar-refractivity contribution is 0.337. The van der Waals surface area contributed by atoms with Crippen molar-refractivity contribution in [1.82, 2.24) is 4.98 Å². The molecule has 0 unspecified atom stereocenters. The number of phenolic OH excluding ortho intramolecular Hbond substituents is 1. The van der Waals surface area contributed by atoms with Gasteiger partial charge < -0.3 is 9.84 Å². The highest BCUT2D eigenvalue weighted by atomic mass is 32.1. The number of phenols is 1. The van der Waals surface area contributed by atoms with Gasteiger partial charge in [-0.3, -0.25) is 5.43 Å². The van der Waals surface area contributed by atoms with Crippen molar-refractivity contribution in [3.63, 3.8) is 0 Å². The van der Waals surface area contributed by atoms with E-state index in [4.69, 9.17) is 4.74 Å². The third kappa shape index (κ3) is 3.69. The molecule has 5 nitrogen and oxygen atoms in total. The van der Waals surface area contributed by atoms with Crippen LogP contribution in [0.2, 0.25) is 0 Å². The maximum Gasteiger partial charge on any atom is 0.203 e. The fourth-order valence-corrected chi connectivity index (χ4v) is 2.09. The lowest BCUT2D eigenvalue weighted by Crippen LogP contribution is -1.93. The zero-order chi connectivity index (χ0) is 13.7. The van der Waals surface area contributed by atoms with Gasteiger partial charge in [-0.25, -0.2) is 4.98 Å². The fraction of sp³-hybridized carbons (Fsp3) is 0.231. The average molecular weight is 277 g/mol. The van der Waals surface area contributed by atoms with Gasteiger partial charge in [0.1, 0.15) is 11.5 Å². The normalized spacial score (nSPS) is 10.8. The van der Waals surface area contributed by atoms with Crippen molar-refractivity contribution in [2.75, 3.05) is 12.0 Å². The molecule has 100 valence electrons. The van der Waals surface area contributed by atoms with Gasteiger partial charge in [0.15, 0.2) is 0 Å². The number of hydrogen-bond donors (Lipinski definition) is 2. The average Bonchev–Trinajstić information content (AvgIpc) is 2.78. The summed E-state index contributed by atoms with van der Waals surface area (Å²) in [6, 6.07) is 5.11. The van der Waals surface area contributed by atoms with Crippen molar-refractivity contribution in [3.8, 4) is 11.5 Å². The van der Waals surface area contributed by atoms with Gasteiger partial charge in [0.05, 0.1) is 18.5 Å². The van der Waals surface area contributed by atoms with Gasteiger partial charge in [0.25, 0.3) is 0 Å². The number of aromatic nitrogens is 1. The van der Waals surface area contributed by atoms with E-state index in [1.165, 1.54) is 11.3 Å². The molecular weight excluding hydrogens is 262 g/mol. The quantitative estimate of drug-likeness (QED) is 0.651. The van der Waals surface area contributed by atoms with Crippen LogP contribution in [0.4, 0.5) is 5.13 Å². The largest absolute Gasteiger partial charge is 0.507 e. The van der Waals surface area contributed by atoms with E-state index in [1.54, 1.807) is 24.4 Å². The Labute approximate surface area is 115 Å². The lowest BCUT2D eigenvalue weighted by atomic mass is 10.2. The summed E-state index contributed by atoms with van der Waals surface area (Å²) in [5, 5.41) is 16.5. The number of nitrogens with zero attached hydrogens (tertiary/aromatic N) is 2. The second-order valence-corrected chi connectivity index (χ2v) is 4.68. The summed E-state index contributed by atoms with van der Waals surface area (Å²) in [5.41, 5.74) is 4.38. The molecule has 0 amide bonds. The highest BCUT2D eigenvalue weighted by Gasteiger charge is 2.01. The third-order valence-electron chi connectivity index (χ3n) is 2.30. The molecule has 0 saturated heterocycles. The summed E-state index contributed by atoms with van der Waals surface area (Å²) in [6.45, 7) is 4.38. The molecule has 0 bridgehead atoms. The Morgan fingerprint density at radius 1 is 1.53 bits per heavy atom. The molecule has 0 aliphatic carbocycles. The Morgan fingerprint density at radius 2 is 2.37 bits per heavy atom. The predicted octanol–water partition coefficient (Wildman–Crippen LogP) is 3.00. The molecule has 1 heterocycles. The Kier molecular flexibility index (Phi) is 4.35. The van der Waals surface area contributed by atoms with E-state index in [-0.39, 0.29) is 5.75 Å². The summed E-state index contributed by atoms with van der Waals surface area (Å²) in [5.74, 6) is 0.771. The smallest absolute Gasteiger partial charge is 0.203 e. The minimum atomic E-state index is 0.131. The number of aromatic hydroxyl groups is 1. The Bertz CT molecular complexity index is 581. The summed E-state index contributed by atoms with van der Waals surface area (Å²) in [7, 11) is 0. The van der Waals surface area contributed by atoms with Crippen LogP contribution in [0.5, 0.6) is 11.5 Å². The minimum absolute atomic E-state index is 0.131. The molecule has 2 aromatic rings. The van der Waals surface area contributed by atoms with Crippen molar-refractivity contribution >= 4 is 22.7 Å². The second-order valence-electron chi connectivity index (χ2n) is 3.82. The fourth-order valence-electron chi connectivity index (χ4n) is 1.45. The van der Waals surface area contributed by atoms with Gasteiger partial charge in [-0.2, -0.15) is 5.10 Å². The molecule has 19 heavy (non-hydrogen) atoms. The highest BCUT2D eigenvalue weighted by Crippen LogP contribution is 2.22. The van der Waals surface area contributed by atoms with Gasteiger partial charge in [-0.05, 0) is 26.0 Å². The van der Waals surface area contributed by atoms with Crippen molar-refractivity contribution in [2.24, 2.45) is 5.10 Å². The number of hydrogen-bond acceptors (Lipinski definition) is 6. The molecule has 0 aliphatic heterocycles. The first kappa shape index (κ1) is 13.4. The zero-order valence-corrected chi connectivity index (χ0v) is 11.6. The summed E-state index contributed by atoms with van der Waals surface area (Å²) < 4.78 is 5.29. The summed E-state index contributed by atoms with van der Waals surface area (Å²) in [6.07, 6.45) is 1.54. The molecule has 0 aliphatic rings. The first-order valence-corrected chi connectivity index (χ1v) is 6.74. The van der Waals surface area contributed by atoms with Gasteiger partial charge in [0.2, 0.25) is 5.13 Å². The van der Waals surface area contributed by atoms with Crippen LogP contribution in [0, 0.1) is 6.92 Å². The zero-order valence-electron chi connectivity index (χ0n) is 10.8. The Hall–Kier alpha value is -2.08. The molecule has 6 heteroatoms. The van der Waals surface area contributed by atoms with Crippen molar-refractivity contribution in [2.45, 2.75) is 13.8 Å². The molecule has 2 rings (SSSR count). The van der Waals surface area contributed by atoms with E-state index < -0.39 is 0 Å². The maximum absolute atomic E-state index is 9.81. The second kappa shape index (κ2) is 6.19.